The van der Waals surface area contributed by atoms with Crippen LogP contribution < -0.4 is 16.4 Å². The molecule has 0 aromatic heterocycles. The number of nitrogens with one attached hydrogen (secondary N) is 2. The Morgan fingerprint density at radius 2 is 1.89 bits per heavy atom. The number of carbonyl (C=O) groups excluding carboxylic acids is 2. The molecule has 0 spiro atoms. The molecule has 0 unspecified atom stereocenters. The molecule has 0 aliphatic rings. The molecule has 2 amide bonds. The number of hydrogen-bond acceptors (Lipinski definition) is 4. The van der Waals surface area contributed by atoms with Crippen LogP contribution in [-0.4, -0.2) is 36.4 Å². The minimum Gasteiger partial charge on any atom is -0.409 e. The highest BCUT2D eigenvalue weighted by Gasteiger charge is 2.39. The van der Waals surface area contributed by atoms with Crippen LogP contribution in [0.1, 0.15) is 33.1 Å². The van der Waals surface area contributed by atoms with Gasteiger partial charge in [0.25, 0.3) is 0 Å². The lowest BCUT2D eigenvalue weighted by Gasteiger charge is -2.28. The van der Waals surface area contributed by atoms with Crippen molar-refractivity contribution >= 4 is 17.6 Å². The molecule has 0 bridgehead atoms. The Kier molecular flexibility index (Phi) is 6.77. The van der Waals surface area contributed by atoms with Gasteiger partial charge in [0.05, 0.1) is 0 Å². The molecule has 0 heterocycles. The Labute approximate surface area is 107 Å². The number of nitrogens with zero attached hydrogens (tertiary/aromatic N) is 1. The third kappa shape index (κ3) is 3.61. The van der Waals surface area contributed by atoms with Gasteiger partial charge in [0.2, 0.25) is 11.8 Å². The van der Waals surface area contributed by atoms with Gasteiger partial charge < -0.3 is 21.6 Å². The lowest BCUT2D eigenvalue weighted by atomic mass is 9.80. The zero-order valence-corrected chi connectivity index (χ0v) is 11.1. The molecule has 104 valence electrons. The van der Waals surface area contributed by atoms with Crippen molar-refractivity contribution in [2.24, 2.45) is 16.3 Å². The molecule has 0 rings (SSSR count). The molecule has 0 aromatic rings. The standard InChI is InChI=1S/C11H22N4O3/c1-4-11(5-2,9(12)15-18)10(17)14-7-6-8(16)13-3/h18H,4-7H2,1-3H3,(H2,12,15)(H,13,16)(H,14,17). The van der Waals surface area contributed by atoms with E-state index in [1.807, 2.05) is 0 Å². The van der Waals surface area contributed by atoms with Crippen molar-refractivity contribution in [3.63, 3.8) is 0 Å². The van der Waals surface area contributed by atoms with Crippen LogP contribution in [-0.2, 0) is 9.59 Å². The predicted molar refractivity (Wildman–Crippen MR) is 68.1 cm³/mol. The Morgan fingerprint density at radius 1 is 1.33 bits per heavy atom. The molecule has 0 saturated carbocycles. The van der Waals surface area contributed by atoms with Crippen molar-refractivity contribution in [1.82, 2.24) is 10.6 Å². The number of hydrogen-bond donors (Lipinski definition) is 4. The molecular weight excluding hydrogens is 236 g/mol. The average molecular weight is 258 g/mol. The highest BCUT2D eigenvalue weighted by molar-refractivity contribution is 6.06. The van der Waals surface area contributed by atoms with Gasteiger partial charge in [-0.05, 0) is 12.8 Å². The van der Waals surface area contributed by atoms with E-state index in [1.165, 1.54) is 7.05 Å². The van der Waals surface area contributed by atoms with Gasteiger partial charge in [-0.15, -0.1) is 0 Å². The van der Waals surface area contributed by atoms with Gasteiger partial charge >= 0.3 is 0 Å². The first kappa shape index (κ1) is 16.2. The van der Waals surface area contributed by atoms with Gasteiger partial charge in [-0.3, -0.25) is 9.59 Å². The second-order valence-electron chi connectivity index (χ2n) is 3.95. The van der Waals surface area contributed by atoms with Crippen molar-refractivity contribution in [3.8, 4) is 0 Å². The molecule has 0 aliphatic heterocycles. The SMILES string of the molecule is CCC(CC)(C(=O)NCCC(=O)NC)C(N)=NO. The highest BCUT2D eigenvalue weighted by atomic mass is 16.4. The zero-order chi connectivity index (χ0) is 14.2. The van der Waals surface area contributed by atoms with Crippen LogP contribution in [0.4, 0.5) is 0 Å². The number of rotatable bonds is 7. The fraction of sp³-hybridized carbons (Fsp3) is 0.727. The Hall–Kier alpha value is -1.79. The van der Waals surface area contributed by atoms with E-state index >= 15 is 0 Å². The van der Waals surface area contributed by atoms with Gasteiger partial charge in [0.1, 0.15) is 5.41 Å². The monoisotopic (exact) mass is 258 g/mol. The van der Waals surface area contributed by atoms with Gasteiger partial charge in [-0.25, -0.2) is 0 Å². The summed E-state index contributed by atoms with van der Waals surface area (Å²) in [4.78, 5) is 23.1. The summed E-state index contributed by atoms with van der Waals surface area (Å²) in [7, 11) is 1.53. The fourth-order valence-corrected chi connectivity index (χ4v) is 1.73. The van der Waals surface area contributed by atoms with Gasteiger partial charge in [0, 0.05) is 20.0 Å². The molecule has 0 aliphatic carbocycles. The second-order valence-corrected chi connectivity index (χ2v) is 3.95. The summed E-state index contributed by atoms with van der Waals surface area (Å²) >= 11 is 0. The van der Waals surface area contributed by atoms with E-state index in [1.54, 1.807) is 13.8 Å². The number of oxime groups is 1. The first-order valence-corrected chi connectivity index (χ1v) is 5.95. The van der Waals surface area contributed by atoms with E-state index in [9.17, 15) is 9.59 Å². The topological polar surface area (TPSA) is 117 Å². The largest absolute Gasteiger partial charge is 0.409 e. The Balaban J connectivity index is 4.64. The molecule has 0 radical (unpaired) electrons. The van der Waals surface area contributed by atoms with Crippen LogP contribution in [0.25, 0.3) is 0 Å². The smallest absolute Gasteiger partial charge is 0.233 e. The van der Waals surface area contributed by atoms with E-state index in [-0.39, 0.29) is 30.6 Å². The van der Waals surface area contributed by atoms with E-state index in [2.05, 4.69) is 15.8 Å². The fourth-order valence-electron chi connectivity index (χ4n) is 1.73. The van der Waals surface area contributed by atoms with E-state index in [4.69, 9.17) is 10.9 Å². The Morgan fingerprint density at radius 3 is 2.28 bits per heavy atom. The van der Waals surface area contributed by atoms with Crippen molar-refractivity contribution < 1.29 is 14.8 Å². The van der Waals surface area contributed by atoms with E-state index < -0.39 is 5.41 Å². The second kappa shape index (κ2) is 7.52. The summed E-state index contributed by atoms with van der Waals surface area (Å²) in [6.07, 6.45) is 1.04. The van der Waals surface area contributed by atoms with Crippen LogP contribution in [0.15, 0.2) is 5.16 Å². The van der Waals surface area contributed by atoms with Crippen LogP contribution in [0.3, 0.4) is 0 Å². The van der Waals surface area contributed by atoms with Crippen molar-refractivity contribution in [3.05, 3.63) is 0 Å². The maximum absolute atomic E-state index is 12.1. The summed E-state index contributed by atoms with van der Waals surface area (Å²) in [6.45, 7) is 3.80. The first-order chi connectivity index (χ1) is 8.48. The van der Waals surface area contributed by atoms with Crippen molar-refractivity contribution in [2.45, 2.75) is 33.1 Å². The molecule has 0 aromatic carbocycles. The van der Waals surface area contributed by atoms with Crippen LogP contribution >= 0.6 is 0 Å². The van der Waals surface area contributed by atoms with Crippen LogP contribution in [0.5, 0.6) is 0 Å². The minimum absolute atomic E-state index is 0.107. The quantitative estimate of drug-likeness (QED) is 0.219. The Bertz CT molecular complexity index is 324. The maximum Gasteiger partial charge on any atom is 0.233 e. The van der Waals surface area contributed by atoms with Gasteiger partial charge in [-0.2, -0.15) is 0 Å². The number of carbonyl (C=O) groups is 2. The number of nitrogens with two attached hydrogens (primary N) is 1. The molecule has 18 heavy (non-hydrogen) atoms. The first-order valence-electron chi connectivity index (χ1n) is 5.95. The van der Waals surface area contributed by atoms with Crippen molar-refractivity contribution in [2.75, 3.05) is 13.6 Å². The summed E-state index contributed by atoms with van der Waals surface area (Å²) in [5.74, 6) is -0.589. The molecule has 7 heteroatoms. The summed E-state index contributed by atoms with van der Waals surface area (Å²) < 4.78 is 0. The highest BCUT2D eigenvalue weighted by Crippen LogP contribution is 2.26. The number of amides is 2. The summed E-state index contributed by atoms with van der Waals surface area (Å²) in [6, 6.07) is 0. The molecule has 5 N–H and O–H groups in total. The number of amidine groups is 1. The molecule has 0 atom stereocenters. The van der Waals surface area contributed by atoms with E-state index in [0.717, 1.165) is 0 Å². The van der Waals surface area contributed by atoms with Crippen LogP contribution in [0, 0.1) is 5.41 Å². The normalized spacial score (nSPS) is 12.1. The average Bonchev–Trinajstić information content (AvgIpc) is 2.40. The predicted octanol–water partition coefficient (Wildman–Crippen LogP) is -0.208. The molecule has 7 nitrogen and oxygen atoms in total. The lowest BCUT2D eigenvalue weighted by molar-refractivity contribution is -0.128. The van der Waals surface area contributed by atoms with Gasteiger partial charge in [0.15, 0.2) is 5.84 Å². The van der Waals surface area contributed by atoms with Crippen molar-refractivity contribution in [1.29, 1.82) is 0 Å². The van der Waals surface area contributed by atoms with E-state index in [0.29, 0.717) is 12.8 Å². The third-order valence-corrected chi connectivity index (χ3v) is 3.16. The third-order valence-electron chi connectivity index (χ3n) is 3.16. The summed E-state index contributed by atoms with van der Waals surface area (Å²) in [5.41, 5.74) is 4.58. The van der Waals surface area contributed by atoms with Crippen LogP contribution in [0.2, 0.25) is 0 Å². The molecule has 0 saturated heterocycles. The maximum atomic E-state index is 12.1. The molecule has 0 fully saturated rings. The lowest BCUT2D eigenvalue weighted by Crippen LogP contribution is -2.49. The zero-order valence-electron chi connectivity index (χ0n) is 11.1. The van der Waals surface area contributed by atoms with Gasteiger partial charge in [-0.1, -0.05) is 19.0 Å². The summed E-state index contributed by atoms with van der Waals surface area (Å²) in [5, 5.41) is 16.8. The molecular formula is C11H22N4O3. The minimum atomic E-state index is -1.02.